The van der Waals surface area contributed by atoms with Gasteiger partial charge in [-0.15, -0.1) is 0 Å². The lowest BCUT2D eigenvalue weighted by Crippen LogP contribution is -2.68. The van der Waals surface area contributed by atoms with Crippen molar-refractivity contribution in [2.75, 3.05) is 19.8 Å². The number of rotatable bonds is 15. The van der Waals surface area contributed by atoms with E-state index in [1.54, 1.807) is 0 Å². The van der Waals surface area contributed by atoms with Gasteiger partial charge in [-0.1, -0.05) is 46.3 Å². The first kappa shape index (κ1) is 60.9. The van der Waals surface area contributed by atoms with Crippen LogP contribution in [-0.4, -0.2) is 232 Å². The molecule has 76 heavy (non-hydrogen) atoms. The molecule has 10 unspecified atom stereocenters. The molecule has 22 nitrogen and oxygen atoms in total. The first-order valence-electron chi connectivity index (χ1n) is 27.7. The van der Waals surface area contributed by atoms with Crippen LogP contribution in [-0.2, 0) is 37.9 Å². The van der Waals surface area contributed by atoms with Crippen molar-refractivity contribution >= 4 is 0 Å². The van der Waals surface area contributed by atoms with Crippen LogP contribution in [0.25, 0.3) is 0 Å². The summed E-state index contributed by atoms with van der Waals surface area (Å²) in [5.41, 5.74) is -1.35. The van der Waals surface area contributed by atoms with E-state index in [4.69, 9.17) is 37.9 Å². The van der Waals surface area contributed by atoms with Gasteiger partial charge in [0.05, 0.1) is 43.7 Å². The fraction of sp³-hybridized carbons (Fsp3) is 0.963. The van der Waals surface area contributed by atoms with Gasteiger partial charge in [0.2, 0.25) is 0 Å². The van der Waals surface area contributed by atoms with Gasteiger partial charge in [-0.25, -0.2) is 0 Å². The Bertz CT molecular complexity index is 1980. The molecule has 0 amide bonds. The van der Waals surface area contributed by atoms with E-state index in [2.05, 4.69) is 40.7 Å². The second-order valence-corrected chi connectivity index (χ2v) is 25.7. The highest BCUT2D eigenvalue weighted by Crippen LogP contribution is 2.76. The molecule has 14 N–H and O–H groups in total. The molecular weight excluding hydrogens is 1000 g/mol. The summed E-state index contributed by atoms with van der Waals surface area (Å²) in [6.45, 7) is 16.9. The van der Waals surface area contributed by atoms with Crippen molar-refractivity contribution in [2.24, 2.45) is 45.3 Å². The van der Waals surface area contributed by atoms with Gasteiger partial charge in [-0.05, 0) is 131 Å². The van der Waals surface area contributed by atoms with Crippen LogP contribution in [0.4, 0.5) is 0 Å². The number of aliphatic hydroxyl groups excluding tert-OH is 14. The van der Waals surface area contributed by atoms with Crippen molar-refractivity contribution in [2.45, 2.75) is 261 Å². The van der Waals surface area contributed by atoms with E-state index in [9.17, 15) is 71.5 Å². The zero-order valence-electron chi connectivity index (χ0n) is 45.6. The third kappa shape index (κ3) is 10.5. The average molecular weight is 1090 g/mol. The number of hydrogen-bond donors (Lipinski definition) is 14. The standard InChI is InChI=1S/C54H92O22/c1-23(2)11-10-15-54(9,76-48-44(68)39(63)35(59)27(20-55)71-48)25-12-17-53(8)33(25)26(57)19-31-51(6)16-14-32(50(4,5)30(51)13-18-52(31,53)7)74-49-45(41(65)36(60)28(21-56)72-49)75-47-43(67)40(64)37(61)29(73-47)22-69-46-42(66)38(62)34(58)24(3)70-46/h11,24-49,55-68H,10,12-22H2,1-9H3/t24-,25?,26?,27-,28-,29-,30?,31?,32?,33?,34-,35-,36-,37-,38-,39-,40-,41-,42-,43-,44-,45-,46-,47+,48+,49+,51?,52?,53?,54?/m1/s1. The molecular formula is C54H92O22. The first-order chi connectivity index (χ1) is 35.5. The number of allylic oxidation sites excluding steroid dienone is 2. The van der Waals surface area contributed by atoms with E-state index in [1.807, 2.05) is 20.8 Å². The highest BCUT2D eigenvalue weighted by molar-refractivity contribution is 5.20. The Morgan fingerprint density at radius 1 is 0.579 bits per heavy atom. The molecule has 0 aromatic carbocycles. The van der Waals surface area contributed by atoms with Gasteiger partial charge in [-0.2, -0.15) is 0 Å². The quantitative estimate of drug-likeness (QED) is 0.0678. The van der Waals surface area contributed by atoms with Crippen molar-refractivity contribution in [3.8, 4) is 0 Å². The number of fused-ring (bicyclic) bond motifs is 5. The Morgan fingerprint density at radius 3 is 1.76 bits per heavy atom. The minimum absolute atomic E-state index is 0.0391. The summed E-state index contributed by atoms with van der Waals surface area (Å²) in [5, 5.41) is 152. The number of hydrogen-bond acceptors (Lipinski definition) is 22. The van der Waals surface area contributed by atoms with E-state index in [0.717, 1.165) is 31.3 Å². The Labute approximate surface area is 445 Å². The van der Waals surface area contributed by atoms with E-state index < -0.39 is 166 Å². The van der Waals surface area contributed by atoms with Crippen molar-refractivity contribution in [1.29, 1.82) is 0 Å². The lowest BCUT2D eigenvalue weighted by molar-refractivity contribution is -0.381. The second kappa shape index (κ2) is 22.9. The van der Waals surface area contributed by atoms with Crippen molar-refractivity contribution in [1.82, 2.24) is 0 Å². The molecule has 4 heterocycles. The number of aliphatic hydroxyl groups is 14. The lowest BCUT2D eigenvalue weighted by Gasteiger charge is -2.71. The predicted octanol–water partition coefficient (Wildman–Crippen LogP) is -1.17. The second-order valence-electron chi connectivity index (χ2n) is 25.7. The molecule has 4 saturated carbocycles. The predicted molar refractivity (Wildman–Crippen MR) is 265 cm³/mol. The van der Waals surface area contributed by atoms with Gasteiger partial charge >= 0.3 is 0 Å². The lowest BCUT2D eigenvalue weighted by atomic mass is 9.35. The van der Waals surface area contributed by atoms with E-state index in [1.165, 1.54) is 6.92 Å². The fourth-order valence-corrected chi connectivity index (χ4v) is 16.2. The smallest absolute Gasteiger partial charge is 0.187 e. The number of ether oxygens (including phenoxy) is 8. The highest BCUT2D eigenvalue weighted by Gasteiger charge is 2.72. The molecule has 4 saturated heterocycles. The monoisotopic (exact) mass is 1090 g/mol. The zero-order valence-corrected chi connectivity index (χ0v) is 45.6. The summed E-state index contributed by atoms with van der Waals surface area (Å²) in [5.74, 6) is -0.302. The molecule has 0 aromatic heterocycles. The molecule has 30 atom stereocenters. The van der Waals surface area contributed by atoms with Crippen molar-refractivity contribution < 1.29 is 109 Å². The van der Waals surface area contributed by atoms with Crippen LogP contribution in [0, 0.1) is 45.3 Å². The average Bonchev–Trinajstić information content (AvgIpc) is 3.76. The first-order valence-corrected chi connectivity index (χ1v) is 27.7. The normalized spacial score (nSPS) is 53.2. The molecule has 22 heteroatoms. The minimum Gasteiger partial charge on any atom is -0.394 e. The summed E-state index contributed by atoms with van der Waals surface area (Å²) in [6.07, 6.45) is -24.0. The molecule has 0 bridgehead atoms. The Balaban J connectivity index is 0.999. The summed E-state index contributed by atoms with van der Waals surface area (Å²) < 4.78 is 49.0. The van der Waals surface area contributed by atoms with Crippen molar-refractivity contribution in [3.05, 3.63) is 11.6 Å². The van der Waals surface area contributed by atoms with Gasteiger partial charge in [0.25, 0.3) is 0 Å². The topological polar surface area (TPSA) is 357 Å². The zero-order chi connectivity index (χ0) is 55.9. The summed E-state index contributed by atoms with van der Waals surface area (Å²) >= 11 is 0. The Hall–Kier alpha value is -1.14. The maximum Gasteiger partial charge on any atom is 0.187 e. The van der Waals surface area contributed by atoms with Crippen LogP contribution in [0.3, 0.4) is 0 Å². The van der Waals surface area contributed by atoms with Gasteiger partial charge in [0, 0.05) is 0 Å². The molecule has 0 radical (unpaired) electrons. The summed E-state index contributed by atoms with van der Waals surface area (Å²) in [4.78, 5) is 0. The molecule has 4 aliphatic carbocycles. The van der Waals surface area contributed by atoms with Gasteiger partial charge in [0.15, 0.2) is 25.2 Å². The SMILES string of the molecule is CC(C)=CCCC(C)(O[C@@H]1O[C@H](CO)[C@@H](O)[C@@H](O)[C@H]1O)C1CCC2(C)C1C(O)CC1C3(C)CCC(O[C@@H]4O[C@H](CO)[C@@H](O)[C@@H](O)[C@H]4O[C@@H]4O[C@H](CO[C@@H]5O[C@H](C)[C@@H](O)[C@@H](O)[C@H]5O)[C@@H](O)[C@@H](O)[C@H]4O)C(C)(C)C3CCC12C. The molecule has 440 valence electrons. The summed E-state index contributed by atoms with van der Waals surface area (Å²) in [6, 6.07) is 0. The van der Waals surface area contributed by atoms with Gasteiger partial charge in [0.1, 0.15) is 91.6 Å². The Kier molecular flexibility index (Phi) is 18.4. The maximum absolute atomic E-state index is 12.7. The molecule has 8 aliphatic rings. The van der Waals surface area contributed by atoms with Gasteiger partial charge in [-0.3, -0.25) is 0 Å². The largest absolute Gasteiger partial charge is 0.394 e. The van der Waals surface area contributed by atoms with Gasteiger partial charge < -0.3 is 109 Å². The highest BCUT2D eigenvalue weighted by atomic mass is 16.8. The van der Waals surface area contributed by atoms with E-state index >= 15 is 0 Å². The van der Waals surface area contributed by atoms with Crippen LogP contribution in [0.15, 0.2) is 11.6 Å². The molecule has 0 spiro atoms. The molecule has 0 aromatic rings. The fourth-order valence-electron chi connectivity index (χ4n) is 16.2. The third-order valence-corrected chi connectivity index (χ3v) is 20.9. The van der Waals surface area contributed by atoms with Crippen molar-refractivity contribution in [3.63, 3.8) is 0 Å². The maximum atomic E-state index is 12.7. The van der Waals surface area contributed by atoms with Crippen LogP contribution in [0.2, 0.25) is 0 Å². The molecule has 8 fully saturated rings. The third-order valence-electron chi connectivity index (χ3n) is 20.9. The molecule has 4 aliphatic heterocycles. The van der Waals surface area contributed by atoms with E-state index in [0.29, 0.717) is 32.1 Å². The summed E-state index contributed by atoms with van der Waals surface area (Å²) in [7, 11) is 0. The molecule has 8 rings (SSSR count). The minimum atomic E-state index is -1.91. The van der Waals surface area contributed by atoms with E-state index in [-0.39, 0.29) is 39.9 Å². The van der Waals surface area contributed by atoms with Crippen LogP contribution < -0.4 is 0 Å². The van der Waals surface area contributed by atoms with Crippen LogP contribution in [0.5, 0.6) is 0 Å². The van der Waals surface area contributed by atoms with Crippen LogP contribution >= 0.6 is 0 Å². The Morgan fingerprint density at radius 2 is 1.13 bits per heavy atom. The van der Waals surface area contributed by atoms with Crippen LogP contribution in [0.1, 0.15) is 120 Å².